The van der Waals surface area contributed by atoms with Crippen molar-refractivity contribution in [2.75, 3.05) is 0 Å². The minimum Gasteiger partial charge on any atom is -0.299 e. The maximum atomic E-state index is 12.1. The highest BCUT2D eigenvalue weighted by Crippen LogP contribution is 2.70. The topological polar surface area (TPSA) is 17.1 Å². The second-order valence-electron chi connectivity index (χ2n) is 15.3. The van der Waals surface area contributed by atoms with Gasteiger partial charge in [-0.15, -0.1) is 11.8 Å². The predicted octanol–water partition coefficient (Wildman–Crippen LogP) is 10.1. The molecule has 36 heavy (non-hydrogen) atoms. The molecule has 1 nitrogen and oxygen atoms in total. The lowest BCUT2D eigenvalue weighted by Gasteiger charge is -2.66. The van der Waals surface area contributed by atoms with E-state index in [1.807, 2.05) is 17.8 Å². The number of thioether (sulfide) groups is 1. The van der Waals surface area contributed by atoms with Gasteiger partial charge in [0.2, 0.25) is 0 Å². The molecule has 2 heteroatoms. The van der Waals surface area contributed by atoms with Crippen LogP contribution in [0.4, 0.5) is 0 Å². The normalized spacial score (nSPS) is 47.8. The first-order valence-corrected chi connectivity index (χ1v) is 16.1. The summed E-state index contributed by atoms with van der Waals surface area (Å²) in [6.07, 6.45) is 14.9. The van der Waals surface area contributed by atoms with E-state index < -0.39 is 0 Å². The van der Waals surface area contributed by atoms with Crippen molar-refractivity contribution in [2.24, 2.45) is 57.2 Å². The molecule has 0 saturated heterocycles. The molecule has 0 heterocycles. The Morgan fingerprint density at radius 3 is 2.19 bits per heavy atom. The SMILES string of the molecule is C=C(SC(C)C)C1CCC2(C)CCC(C3(C)CCC4C(C)(C)C(C)CCC4(C)C3C)/C(=C\C=O)C2C1. The molecule has 4 fully saturated rings. The minimum atomic E-state index is 0.273. The number of hydrogen-bond donors (Lipinski definition) is 0. The third kappa shape index (κ3) is 4.52. The Hall–Kier alpha value is -0.500. The van der Waals surface area contributed by atoms with Crippen LogP contribution in [0.5, 0.6) is 0 Å². The van der Waals surface area contributed by atoms with Crippen LogP contribution >= 0.6 is 11.8 Å². The van der Waals surface area contributed by atoms with Gasteiger partial charge < -0.3 is 0 Å². The van der Waals surface area contributed by atoms with Crippen molar-refractivity contribution >= 4 is 18.0 Å². The van der Waals surface area contributed by atoms with Gasteiger partial charge in [0.05, 0.1) is 0 Å². The van der Waals surface area contributed by atoms with Crippen LogP contribution in [0, 0.1) is 57.2 Å². The first kappa shape index (κ1) is 28.5. The van der Waals surface area contributed by atoms with Crippen molar-refractivity contribution in [2.45, 2.75) is 125 Å². The van der Waals surface area contributed by atoms with E-state index in [0.29, 0.717) is 45.2 Å². The number of carbonyl (C=O) groups is 1. The summed E-state index contributed by atoms with van der Waals surface area (Å²) in [7, 11) is 0. The van der Waals surface area contributed by atoms with Crippen LogP contribution < -0.4 is 0 Å². The summed E-state index contributed by atoms with van der Waals surface area (Å²) in [5, 5.41) is 0.591. The third-order valence-electron chi connectivity index (χ3n) is 13.2. The fraction of sp³-hybridized carbons (Fsp3) is 0.853. The molecule has 0 bridgehead atoms. The summed E-state index contributed by atoms with van der Waals surface area (Å²) in [5.74, 6) is 3.95. The second kappa shape index (κ2) is 9.91. The van der Waals surface area contributed by atoms with E-state index in [0.717, 1.165) is 18.1 Å². The lowest BCUT2D eigenvalue weighted by atomic mass is 9.39. The molecular formula is C34H56OS. The molecule has 204 valence electrons. The molecule has 0 aromatic carbocycles. The molecule has 4 aliphatic carbocycles. The van der Waals surface area contributed by atoms with Gasteiger partial charge in [-0.3, -0.25) is 4.79 Å². The van der Waals surface area contributed by atoms with Crippen LogP contribution in [0.15, 0.2) is 23.1 Å². The Balaban J connectivity index is 1.66. The Morgan fingerprint density at radius 1 is 0.917 bits per heavy atom. The summed E-state index contributed by atoms with van der Waals surface area (Å²) in [5.41, 5.74) is 2.95. The van der Waals surface area contributed by atoms with Crippen molar-refractivity contribution in [3.8, 4) is 0 Å². The van der Waals surface area contributed by atoms with Crippen LogP contribution in [0.1, 0.15) is 120 Å². The van der Waals surface area contributed by atoms with Gasteiger partial charge in [0.1, 0.15) is 6.29 Å². The average Bonchev–Trinajstić information content (AvgIpc) is 2.79. The quantitative estimate of drug-likeness (QED) is 0.269. The first-order valence-electron chi connectivity index (χ1n) is 15.2. The van der Waals surface area contributed by atoms with Gasteiger partial charge in [0.25, 0.3) is 0 Å². The molecule has 0 radical (unpaired) electrons. The number of rotatable bonds is 5. The number of carbonyl (C=O) groups excluding carboxylic acids is 1. The number of aldehydes is 1. The largest absolute Gasteiger partial charge is 0.299 e. The molecule has 4 rings (SSSR count). The maximum Gasteiger partial charge on any atom is 0.142 e. The van der Waals surface area contributed by atoms with Crippen molar-refractivity contribution < 1.29 is 4.79 Å². The lowest BCUT2D eigenvalue weighted by Crippen LogP contribution is -2.58. The summed E-state index contributed by atoms with van der Waals surface area (Å²) in [4.78, 5) is 13.5. The first-order chi connectivity index (χ1) is 16.7. The highest BCUT2D eigenvalue weighted by Gasteiger charge is 2.61. The molecule has 0 amide bonds. The van der Waals surface area contributed by atoms with E-state index in [-0.39, 0.29) is 5.41 Å². The fourth-order valence-electron chi connectivity index (χ4n) is 10.2. The van der Waals surface area contributed by atoms with E-state index in [4.69, 9.17) is 0 Å². The van der Waals surface area contributed by atoms with Crippen LogP contribution in [0.2, 0.25) is 0 Å². The molecule has 9 unspecified atom stereocenters. The third-order valence-corrected chi connectivity index (χ3v) is 14.3. The molecular weight excluding hydrogens is 456 g/mol. The van der Waals surface area contributed by atoms with Gasteiger partial charge >= 0.3 is 0 Å². The predicted molar refractivity (Wildman–Crippen MR) is 158 cm³/mol. The van der Waals surface area contributed by atoms with E-state index >= 15 is 0 Å². The van der Waals surface area contributed by atoms with E-state index in [9.17, 15) is 4.79 Å². The Labute approximate surface area is 228 Å². The standard InChI is InChI=1S/C34H56OS/c1-22(2)36-24(4)26-12-16-32(8)17-13-28(27(15-20-35)29(32)21-26)33(9)19-14-30-31(6,7)23(3)11-18-34(30,10)25(33)5/h15,20,22-23,25-26,28-30H,4,11-14,16-19,21H2,1-3,5-10H3/b27-15+. The highest BCUT2D eigenvalue weighted by atomic mass is 32.2. The van der Waals surface area contributed by atoms with Crippen LogP contribution in [0.25, 0.3) is 0 Å². The summed E-state index contributed by atoms with van der Waals surface area (Å²) in [6, 6.07) is 0. The maximum absolute atomic E-state index is 12.1. The van der Waals surface area contributed by atoms with Crippen LogP contribution in [-0.4, -0.2) is 11.5 Å². The van der Waals surface area contributed by atoms with Gasteiger partial charge in [-0.25, -0.2) is 0 Å². The van der Waals surface area contributed by atoms with Gasteiger partial charge in [-0.1, -0.05) is 74.5 Å². The smallest absolute Gasteiger partial charge is 0.142 e. The lowest BCUT2D eigenvalue weighted by molar-refractivity contribution is -0.158. The van der Waals surface area contributed by atoms with Crippen molar-refractivity contribution in [3.05, 3.63) is 23.1 Å². The molecule has 9 atom stereocenters. The van der Waals surface area contributed by atoms with Crippen LogP contribution in [-0.2, 0) is 4.79 Å². The minimum absolute atomic E-state index is 0.273. The molecule has 4 saturated carbocycles. The van der Waals surface area contributed by atoms with E-state index in [2.05, 4.69) is 68.9 Å². The number of allylic oxidation sites excluding steroid dienone is 3. The molecule has 0 aromatic rings. The summed E-state index contributed by atoms with van der Waals surface area (Å²) >= 11 is 1.97. The molecule has 0 aliphatic heterocycles. The van der Waals surface area contributed by atoms with Gasteiger partial charge in [-0.2, -0.15) is 0 Å². The zero-order chi connectivity index (χ0) is 26.7. The van der Waals surface area contributed by atoms with Gasteiger partial charge in [0, 0.05) is 5.25 Å². The summed E-state index contributed by atoms with van der Waals surface area (Å²) < 4.78 is 0. The number of hydrogen-bond acceptors (Lipinski definition) is 2. The zero-order valence-corrected chi connectivity index (χ0v) is 25.9. The number of fused-ring (bicyclic) bond motifs is 2. The van der Waals surface area contributed by atoms with E-state index in [1.54, 1.807) is 0 Å². The van der Waals surface area contributed by atoms with Gasteiger partial charge in [-0.05, 0) is 126 Å². The van der Waals surface area contributed by atoms with Crippen LogP contribution in [0.3, 0.4) is 0 Å². The zero-order valence-electron chi connectivity index (χ0n) is 25.1. The summed E-state index contributed by atoms with van der Waals surface area (Å²) in [6.45, 7) is 27.1. The molecule has 0 N–H and O–H groups in total. The molecule has 4 aliphatic rings. The molecule has 0 spiro atoms. The Kier molecular flexibility index (Phi) is 7.85. The fourth-order valence-corrected chi connectivity index (χ4v) is 11.2. The van der Waals surface area contributed by atoms with Crippen molar-refractivity contribution in [1.82, 2.24) is 0 Å². The second-order valence-corrected chi connectivity index (χ2v) is 17.0. The Morgan fingerprint density at radius 2 is 1.56 bits per heavy atom. The monoisotopic (exact) mass is 512 g/mol. The highest BCUT2D eigenvalue weighted by molar-refractivity contribution is 8.03. The molecule has 0 aromatic heterocycles. The Bertz CT molecular complexity index is 884. The average molecular weight is 513 g/mol. The van der Waals surface area contributed by atoms with E-state index in [1.165, 1.54) is 68.3 Å². The van der Waals surface area contributed by atoms with Crippen molar-refractivity contribution in [3.63, 3.8) is 0 Å². The van der Waals surface area contributed by atoms with Crippen molar-refractivity contribution in [1.29, 1.82) is 0 Å². The van der Waals surface area contributed by atoms with Gasteiger partial charge in [0.15, 0.2) is 0 Å².